The van der Waals surface area contributed by atoms with Crippen molar-refractivity contribution in [2.24, 2.45) is 0 Å². The highest BCUT2D eigenvalue weighted by atomic mass is 32.1. The van der Waals surface area contributed by atoms with E-state index in [1.165, 1.54) is 5.56 Å². The molecule has 1 N–H and O–H groups in total. The SMILES string of the molecule is O=C(Cc1cccs1)NCCc1ccsc1. The lowest BCUT2D eigenvalue weighted by atomic mass is 10.2. The number of amides is 1. The van der Waals surface area contributed by atoms with Gasteiger partial charge in [-0.15, -0.1) is 11.3 Å². The Balaban J connectivity index is 1.68. The molecule has 2 aromatic rings. The first-order valence-electron chi connectivity index (χ1n) is 5.15. The van der Waals surface area contributed by atoms with Gasteiger partial charge in [-0.3, -0.25) is 4.79 Å². The Kier molecular flexibility index (Phi) is 4.13. The van der Waals surface area contributed by atoms with Crippen molar-refractivity contribution in [3.05, 3.63) is 44.8 Å². The van der Waals surface area contributed by atoms with Crippen LogP contribution in [0, 0.1) is 0 Å². The van der Waals surface area contributed by atoms with Crippen molar-refractivity contribution in [1.82, 2.24) is 5.32 Å². The smallest absolute Gasteiger partial charge is 0.225 e. The Morgan fingerprint density at radius 1 is 1.31 bits per heavy atom. The average molecular weight is 251 g/mol. The maximum Gasteiger partial charge on any atom is 0.225 e. The van der Waals surface area contributed by atoms with Gasteiger partial charge < -0.3 is 5.32 Å². The van der Waals surface area contributed by atoms with Crippen molar-refractivity contribution in [3.63, 3.8) is 0 Å². The van der Waals surface area contributed by atoms with Crippen LogP contribution in [0.4, 0.5) is 0 Å². The van der Waals surface area contributed by atoms with Gasteiger partial charge in [-0.05, 0) is 40.3 Å². The van der Waals surface area contributed by atoms with E-state index in [0.29, 0.717) is 6.42 Å². The Morgan fingerprint density at radius 3 is 2.94 bits per heavy atom. The molecule has 2 rings (SSSR count). The second-order valence-corrected chi connectivity index (χ2v) is 5.30. The van der Waals surface area contributed by atoms with E-state index in [2.05, 4.69) is 22.1 Å². The molecule has 16 heavy (non-hydrogen) atoms. The van der Waals surface area contributed by atoms with Gasteiger partial charge in [0.2, 0.25) is 5.91 Å². The van der Waals surface area contributed by atoms with Gasteiger partial charge in [0.05, 0.1) is 6.42 Å². The number of carbonyl (C=O) groups is 1. The molecular weight excluding hydrogens is 238 g/mol. The predicted octanol–water partition coefficient (Wildman–Crippen LogP) is 2.71. The molecule has 1 amide bonds. The number of carbonyl (C=O) groups excluding carboxylic acids is 1. The van der Waals surface area contributed by atoms with Crippen LogP contribution in [0.2, 0.25) is 0 Å². The van der Waals surface area contributed by atoms with Crippen molar-refractivity contribution in [3.8, 4) is 0 Å². The molecule has 0 aromatic carbocycles. The molecule has 0 radical (unpaired) electrons. The highest BCUT2D eigenvalue weighted by Gasteiger charge is 2.03. The summed E-state index contributed by atoms with van der Waals surface area (Å²) in [6.45, 7) is 0.723. The molecule has 2 nitrogen and oxygen atoms in total. The average Bonchev–Trinajstić information content (AvgIpc) is 2.90. The van der Waals surface area contributed by atoms with Crippen LogP contribution in [0.3, 0.4) is 0 Å². The van der Waals surface area contributed by atoms with E-state index in [9.17, 15) is 4.79 Å². The fourth-order valence-electron chi connectivity index (χ4n) is 1.42. The second-order valence-electron chi connectivity index (χ2n) is 3.49. The van der Waals surface area contributed by atoms with Gasteiger partial charge in [0.15, 0.2) is 0 Å². The first-order valence-corrected chi connectivity index (χ1v) is 6.97. The van der Waals surface area contributed by atoms with Crippen LogP contribution in [0.15, 0.2) is 34.3 Å². The number of rotatable bonds is 5. The molecule has 0 atom stereocenters. The van der Waals surface area contributed by atoms with Gasteiger partial charge in [-0.2, -0.15) is 11.3 Å². The van der Waals surface area contributed by atoms with Crippen LogP contribution in [-0.4, -0.2) is 12.5 Å². The Labute approximate surface area is 103 Å². The molecule has 0 aliphatic heterocycles. The molecule has 0 fully saturated rings. The Bertz CT molecular complexity index is 420. The molecule has 0 saturated carbocycles. The van der Waals surface area contributed by atoms with Crippen LogP contribution in [0.25, 0.3) is 0 Å². The van der Waals surface area contributed by atoms with Crippen LogP contribution in [-0.2, 0) is 17.6 Å². The predicted molar refractivity (Wildman–Crippen MR) is 69.1 cm³/mol. The van der Waals surface area contributed by atoms with E-state index in [1.54, 1.807) is 22.7 Å². The fraction of sp³-hybridized carbons (Fsp3) is 0.250. The third-order valence-electron chi connectivity index (χ3n) is 2.23. The minimum absolute atomic E-state index is 0.109. The van der Waals surface area contributed by atoms with E-state index >= 15 is 0 Å². The topological polar surface area (TPSA) is 29.1 Å². The van der Waals surface area contributed by atoms with Crippen molar-refractivity contribution >= 4 is 28.6 Å². The van der Waals surface area contributed by atoms with E-state index in [1.807, 2.05) is 17.5 Å². The first kappa shape index (κ1) is 11.4. The third kappa shape index (κ3) is 3.47. The molecule has 2 heterocycles. The maximum atomic E-state index is 11.5. The molecule has 0 bridgehead atoms. The minimum atomic E-state index is 0.109. The molecule has 0 saturated heterocycles. The summed E-state index contributed by atoms with van der Waals surface area (Å²) in [5, 5.41) is 9.10. The van der Waals surface area contributed by atoms with E-state index < -0.39 is 0 Å². The number of thiophene rings is 2. The monoisotopic (exact) mass is 251 g/mol. The summed E-state index contributed by atoms with van der Waals surface area (Å²) in [6, 6.07) is 6.05. The summed E-state index contributed by atoms with van der Waals surface area (Å²) in [5.41, 5.74) is 1.29. The summed E-state index contributed by atoms with van der Waals surface area (Å²) >= 11 is 3.31. The summed E-state index contributed by atoms with van der Waals surface area (Å²) < 4.78 is 0. The number of hydrogen-bond acceptors (Lipinski definition) is 3. The molecule has 0 unspecified atom stereocenters. The van der Waals surface area contributed by atoms with Crippen LogP contribution >= 0.6 is 22.7 Å². The lowest BCUT2D eigenvalue weighted by Gasteiger charge is -2.02. The molecule has 2 aromatic heterocycles. The van der Waals surface area contributed by atoms with Gasteiger partial charge in [0.25, 0.3) is 0 Å². The second kappa shape index (κ2) is 5.82. The number of nitrogens with one attached hydrogen (secondary N) is 1. The van der Waals surface area contributed by atoms with E-state index in [-0.39, 0.29) is 5.91 Å². The summed E-state index contributed by atoms with van der Waals surface area (Å²) in [5.74, 6) is 0.109. The molecule has 84 valence electrons. The summed E-state index contributed by atoms with van der Waals surface area (Å²) in [4.78, 5) is 12.7. The number of hydrogen-bond donors (Lipinski definition) is 1. The third-order valence-corrected chi connectivity index (χ3v) is 3.84. The molecule has 0 aliphatic carbocycles. The van der Waals surface area contributed by atoms with Crippen molar-refractivity contribution in [2.75, 3.05) is 6.54 Å². The lowest BCUT2D eigenvalue weighted by Crippen LogP contribution is -2.26. The van der Waals surface area contributed by atoms with Crippen molar-refractivity contribution < 1.29 is 4.79 Å². The zero-order chi connectivity index (χ0) is 11.2. The summed E-state index contributed by atoms with van der Waals surface area (Å²) in [7, 11) is 0. The van der Waals surface area contributed by atoms with E-state index in [0.717, 1.165) is 17.8 Å². The molecule has 4 heteroatoms. The van der Waals surface area contributed by atoms with Gasteiger partial charge >= 0.3 is 0 Å². The zero-order valence-corrected chi connectivity index (χ0v) is 10.4. The quantitative estimate of drug-likeness (QED) is 0.870. The van der Waals surface area contributed by atoms with Crippen LogP contribution in [0.1, 0.15) is 10.4 Å². The van der Waals surface area contributed by atoms with Gasteiger partial charge in [0.1, 0.15) is 0 Å². The van der Waals surface area contributed by atoms with Gasteiger partial charge in [-0.25, -0.2) is 0 Å². The van der Waals surface area contributed by atoms with Gasteiger partial charge in [0, 0.05) is 11.4 Å². The molecule has 0 spiro atoms. The van der Waals surface area contributed by atoms with Crippen molar-refractivity contribution in [1.29, 1.82) is 0 Å². The van der Waals surface area contributed by atoms with Gasteiger partial charge in [-0.1, -0.05) is 6.07 Å². The van der Waals surface area contributed by atoms with Crippen molar-refractivity contribution in [2.45, 2.75) is 12.8 Å². The molecular formula is C12H13NOS2. The summed E-state index contributed by atoms with van der Waals surface area (Å²) in [6.07, 6.45) is 1.42. The Morgan fingerprint density at radius 2 is 2.25 bits per heavy atom. The zero-order valence-electron chi connectivity index (χ0n) is 8.81. The van der Waals surface area contributed by atoms with Crippen LogP contribution in [0.5, 0.6) is 0 Å². The van der Waals surface area contributed by atoms with E-state index in [4.69, 9.17) is 0 Å². The minimum Gasteiger partial charge on any atom is -0.355 e. The first-order chi connectivity index (χ1) is 7.84. The maximum absolute atomic E-state index is 11.5. The standard InChI is InChI=1S/C12H13NOS2/c14-12(8-11-2-1-6-16-11)13-5-3-10-4-7-15-9-10/h1-2,4,6-7,9H,3,5,8H2,(H,13,14). The lowest BCUT2D eigenvalue weighted by molar-refractivity contribution is -0.120. The Hall–Kier alpha value is -1.13. The molecule has 0 aliphatic rings. The van der Waals surface area contributed by atoms with Crippen LogP contribution < -0.4 is 5.32 Å². The normalized spacial score (nSPS) is 10.2. The highest BCUT2D eigenvalue weighted by molar-refractivity contribution is 7.10. The fourth-order valence-corrected chi connectivity index (χ4v) is 2.82. The largest absolute Gasteiger partial charge is 0.355 e. The highest BCUT2D eigenvalue weighted by Crippen LogP contribution is 2.09.